The topological polar surface area (TPSA) is 77.2 Å². The minimum absolute atomic E-state index is 0.230. The van der Waals surface area contributed by atoms with Crippen LogP contribution in [-0.2, 0) is 0 Å². The highest BCUT2D eigenvalue weighted by Crippen LogP contribution is 2.31. The number of pyridine rings is 1. The summed E-state index contributed by atoms with van der Waals surface area (Å²) in [5, 5.41) is 5.69. The number of nitrogens with zero attached hydrogens (tertiary/aromatic N) is 1. The summed E-state index contributed by atoms with van der Waals surface area (Å²) in [6.07, 6.45) is 0. The van der Waals surface area contributed by atoms with Gasteiger partial charge >= 0.3 is 0 Å². The van der Waals surface area contributed by atoms with Gasteiger partial charge < -0.3 is 15.8 Å². The van der Waals surface area contributed by atoms with Crippen LogP contribution >= 0.6 is 11.3 Å². The number of thiophene rings is 1. The standard InChI is InChI=1S/C19H19N3O2S/c1-11-8-9-25-19(11)24-15-6-4-14(5-7-15)22-18(23)16-10-12(2)13(3)21-17(16)20/h4-10H,1-3H3,(H2,20,21)(H,22,23). The van der Waals surface area contributed by atoms with Crippen LogP contribution in [0.3, 0.4) is 0 Å². The van der Waals surface area contributed by atoms with Gasteiger partial charge in [0, 0.05) is 16.9 Å². The van der Waals surface area contributed by atoms with E-state index in [-0.39, 0.29) is 11.7 Å². The van der Waals surface area contributed by atoms with E-state index in [4.69, 9.17) is 10.5 Å². The molecule has 0 unspecified atom stereocenters. The van der Waals surface area contributed by atoms with Gasteiger partial charge in [-0.25, -0.2) is 4.98 Å². The molecular weight excluding hydrogens is 334 g/mol. The number of rotatable bonds is 4. The first-order chi connectivity index (χ1) is 11.9. The molecule has 0 bridgehead atoms. The molecule has 0 fully saturated rings. The first-order valence-electron chi connectivity index (χ1n) is 7.81. The molecule has 1 aromatic carbocycles. The average molecular weight is 353 g/mol. The molecule has 0 aliphatic carbocycles. The van der Waals surface area contributed by atoms with Gasteiger partial charge in [0.2, 0.25) is 0 Å². The van der Waals surface area contributed by atoms with Crippen molar-refractivity contribution >= 4 is 28.7 Å². The maximum atomic E-state index is 12.4. The van der Waals surface area contributed by atoms with E-state index in [1.165, 1.54) is 0 Å². The lowest BCUT2D eigenvalue weighted by Gasteiger charge is -2.10. The lowest BCUT2D eigenvalue weighted by Crippen LogP contribution is -2.15. The summed E-state index contributed by atoms with van der Waals surface area (Å²) < 4.78 is 5.82. The highest BCUT2D eigenvalue weighted by atomic mass is 32.1. The summed E-state index contributed by atoms with van der Waals surface area (Å²) in [4.78, 5) is 16.6. The molecule has 3 N–H and O–H groups in total. The summed E-state index contributed by atoms with van der Waals surface area (Å²) in [5.74, 6) is 0.667. The van der Waals surface area contributed by atoms with E-state index in [2.05, 4.69) is 10.3 Å². The number of anilines is 2. The van der Waals surface area contributed by atoms with Crippen molar-refractivity contribution in [3.8, 4) is 10.8 Å². The fourth-order valence-corrected chi connectivity index (χ4v) is 3.08. The number of carbonyl (C=O) groups is 1. The van der Waals surface area contributed by atoms with Crippen LogP contribution in [0.2, 0.25) is 0 Å². The van der Waals surface area contributed by atoms with Crippen LogP contribution < -0.4 is 15.8 Å². The van der Waals surface area contributed by atoms with Gasteiger partial charge in [0.15, 0.2) is 5.06 Å². The Labute approximate surface area is 150 Å². The second kappa shape index (κ2) is 6.94. The Morgan fingerprint density at radius 3 is 2.48 bits per heavy atom. The Balaban J connectivity index is 1.72. The minimum Gasteiger partial charge on any atom is -0.446 e. The van der Waals surface area contributed by atoms with Crippen molar-refractivity contribution in [3.05, 3.63) is 64.2 Å². The van der Waals surface area contributed by atoms with Gasteiger partial charge in [-0.15, -0.1) is 11.3 Å². The number of aromatic nitrogens is 1. The predicted molar refractivity (Wildman–Crippen MR) is 102 cm³/mol. The summed E-state index contributed by atoms with van der Waals surface area (Å²) in [5.41, 5.74) is 9.75. The second-order valence-electron chi connectivity index (χ2n) is 5.80. The van der Waals surface area contributed by atoms with Gasteiger partial charge in [0.05, 0.1) is 5.56 Å². The fourth-order valence-electron chi connectivity index (χ4n) is 2.28. The number of aryl methyl sites for hydroxylation is 3. The molecular formula is C19H19N3O2S. The molecule has 0 saturated heterocycles. The fraction of sp³-hybridized carbons (Fsp3) is 0.158. The minimum atomic E-state index is -0.282. The molecule has 6 heteroatoms. The van der Waals surface area contributed by atoms with Gasteiger partial charge in [0.1, 0.15) is 11.6 Å². The van der Waals surface area contributed by atoms with E-state index in [1.807, 2.05) is 44.4 Å². The number of amides is 1. The van der Waals surface area contributed by atoms with Crippen LogP contribution in [0.1, 0.15) is 27.2 Å². The summed E-state index contributed by atoms with van der Waals surface area (Å²) >= 11 is 1.55. The predicted octanol–water partition coefficient (Wildman–Crippen LogP) is 4.70. The highest BCUT2D eigenvalue weighted by molar-refractivity contribution is 7.12. The Kier molecular flexibility index (Phi) is 4.72. The van der Waals surface area contributed by atoms with Crippen LogP contribution in [0.25, 0.3) is 0 Å². The number of nitrogens with two attached hydrogens (primary N) is 1. The normalized spacial score (nSPS) is 10.5. The van der Waals surface area contributed by atoms with E-state index >= 15 is 0 Å². The van der Waals surface area contributed by atoms with Crippen molar-refractivity contribution in [3.63, 3.8) is 0 Å². The SMILES string of the molecule is Cc1cc(C(=O)Nc2ccc(Oc3sccc3C)cc2)c(N)nc1C. The molecule has 2 heterocycles. The molecule has 0 radical (unpaired) electrons. The van der Waals surface area contributed by atoms with Crippen LogP contribution in [0, 0.1) is 20.8 Å². The molecule has 2 aromatic heterocycles. The molecule has 0 saturated carbocycles. The number of hydrogen-bond donors (Lipinski definition) is 2. The zero-order valence-corrected chi connectivity index (χ0v) is 15.1. The zero-order valence-electron chi connectivity index (χ0n) is 14.3. The smallest absolute Gasteiger partial charge is 0.259 e. The Bertz CT molecular complexity index is 917. The van der Waals surface area contributed by atoms with Crippen molar-refractivity contribution < 1.29 is 9.53 Å². The van der Waals surface area contributed by atoms with Crippen molar-refractivity contribution in [2.75, 3.05) is 11.1 Å². The van der Waals surface area contributed by atoms with E-state index in [9.17, 15) is 4.79 Å². The van der Waals surface area contributed by atoms with E-state index in [0.29, 0.717) is 11.3 Å². The van der Waals surface area contributed by atoms with Crippen molar-refractivity contribution in [1.82, 2.24) is 4.98 Å². The third-order valence-corrected chi connectivity index (χ3v) is 4.77. The van der Waals surface area contributed by atoms with Gasteiger partial charge in [0.25, 0.3) is 5.91 Å². The molecule has 0 aliphatic heterocycles. The lowest BCUT2D eigenvalue weighted by atomic mass is 10.1. The molecule has 128 valence electrons. The van der Waals surface area contributed by atoms with E-state index < -0.39 is 0 Å². The second-order valence-corrected chi connectivity index (χ2v) is 6.67. The molecule has 5 nitrogen and oxygen atoms in total. The number of nitrogens with one attached hydrogen (secondary N) is 1. The third-order valence-electron chi connectivity index (χ3n) is 3.88. The van der Waals surface area contributed by atoms with Crippen molar-refractivity contribution in [2.24, 2.45) is 0 Å². The first kappa shape index (κ1) is 17.0. The van der Waals surface area contributed by atoms with Gasteiger partial charge in [-0.05, 0) is 68.1 Å². The third kappa shape index (κ3) is 3.80. The molecule has 0 aliphatic rings. The number of ether oxygens (including phenoxy) is 1. The number of hydrogen-bond acceptors (Lipinski definition) is 5. The molecule has 0 atom stereocenters. The van der Waals surface area contributed by atoms with Crippen LogP contribution in [0.5, 0.6) is 10.8 Å². The summed E-state index contributed by atoms with van der Waals surface area (Å²) in [6, 6.07) is 11.0. The maximum absolute atomic E-state index is 12.4. The number of carbonyl (C=O) groups excluding carboxylic acids is 1. The van der Waals surface area contributed by atoms with Gasteiger partial charge in [-0.3, -0.25) is 4.79 Å². The van der Waals surface area contributed by atoms with Crippen LogP contribution in [-0.4, -0.2) is 10.9 Å². The summed E-state index contributed by atoms with van der Waals surface area (Å²) in [6.45, 7) is 5.76. The van der Waals surface area contributed by atoms with Crippen molar-refractivity contribution in [1.29, 1.82) is 0 Å². The van der Waals surface area contributed by atoms with Crippen molar-refractivity contribution in [2.45, 2.75) is 20.8 Å². The van der Waals surface area contributed by atoms with Gasteiger partial charge in [-0.2, -0.15) is 0 Å². The van der Waals surface area contributed by atoms with Gasteiger partial charge in [-0.1, -0.05) is 0 Å². The monoisotopic (exact) mass is 353 g/mol. The molecule has 3 aromatic rings. The Morgan fingerprint density at radius 1 is 1.12 bits per heavy atom. The first-order valence-corrected chi connectivity index (χ1v) is 8.69. The van der Waals surface area contributed by atoms with E-state index in [0.717, 1.165) is 27.6 Å². The zero-order chi connectivity index (χ0) is 18.0. The number of nitrogen functional groups attached to an aromatic ring is 1. The molecule has 25 heavy (non-hydrogen) atoms. The number of benzene rings is 1. The Hall–Kier alpha value is -2.86. The maximum Gasteiger partial charge on any atom is 0.259 e. The Morgan fingerprint density at radius 2 is 1.84 bits per heavy atom. The van der Waals surface area contributed by atoms with Crippen LogP contribution in [0.4, 0.5) is 11.5 Å². The summed E-state index contributed by atoms with van der Waals surface area (Å²) in [7, 11) is 0. The largest absolute Gasteiger partial charge is 0.446 e. The highest BCUT2D eigenvalue weighted by Gasteiger charge is 2.13. The average Bonchev–Trinajstić information content (AvgIpc) is 2.97. The lowest BCUT2D eigenvalue weighted by molar-refractivity contribution is 0.102. The molecule has 1 amide bonds. The quantitative estimate of drug-likeness (QED) is 0.713. The van der Waals surface area contributed by atoms with E-state index in [1.54, 1.807) is 29.5 Å². The molecule has 0 spiro atoms. The van der Waals surface area contributed by atoms with Crippen LogP contribution in [0.15, 0.2) is 41.8 Å². The molecule has 3 rings (SSSR count).